The minimum Gasteiger partial charge on any atom is -0.446 e. The largest absolute Gasteiger partial charge is 0.446 e. The minimum absolute atomic E-state index is 0.563. The molecule has 0 bridgehead atoms. The molecule has 0 atom stereocenters. The Hall–Kier alpha value is -2.29. The molecule has 1 radical (unpaired) electrons. The highest BCUT2D eigenvalue weighted by Crippen LogP contribution is 2.14. The molecule has 0 spiro atoms. The van der Waals surface area contributed by atoms with Crippen molar-refractivity contribution in [1.82, 2.24) is 0 Å². The van der Waals surface area contributed by atoms with Crippen molar-refractivity contribution in [2.24, 2.45) is 0 Å². The predicted octanol–water partition coefficient (Wildman–Crippen LogP) is 3.62. The van der Waals surface area contributed by atoms with E-state index >= 15 is 0 Å². The second-order valence-electron chi connectivity index (χ2n) is 3.92. The first-order valence-corrected chi connectivity index (χ1v) is 5.64. The van der Waals surface area contributed by atoms with Crippen LogP contribution in [0.3, 0.4) is 0 Å². The van der Waals surface area contributed by atoms with Gasteiger partial charge in [0.2, 0.25) is 0 Å². The fourth-order valence-corrected chi connectivity index (χ4v) is 1.74. The van der Waals surface area contributed by atoms with E-state index in [0.717, 1.165) is 12.0 Å². The lowest BCUT2D eigenvalue weighted by molar-refractivity contribution is 0.199. The molecule has 0 unspecified atom stereocenters. The average Bonchev–Trinajstić information content (AvgIpc) is 2.40. The summed E-state index contributed by atoms with van der Waals surface area (Å²) in [6.07, 6.45) is 0.266. The number of carbonyl (C=O) groups excluding carboxylic acids is 1. The Balaban J connectivity index is 2.10. The third-order valence-electron chi connectivity index (χ3n) is 2.56. The van der Waals surface area contributed by atoms with Crippen molar-refractivity contribution in [3.05, 3.63) is 72.8 Å². The normalized spacial score (nSPS) is 9.83. The zero-order chi connectivity index (χ0) is 12.8. The van der Waals surface area contributed by atoms with Crippen LogP contribution in [0.1, 0.15) is 11.1 Å². The van der Waals surface area contributed by atoms with Gasteiger partial charge in [-0.1, -0.05) is 42.5 Å². The van der Waals surface area contributed by atoms with Crippen LogP contribution in [0.5, 0.6) is 0 Å². The SMILES string of the molecule is [CH2]OC(=O)Nc1cccc(Cc2ccccc2)c1. The number of carbonyl (C=O) groups is 1. The maximum absolute atomic E-state index is 11.1. The van der Waals surface area contributed by atoms with Crippen LogP contribution in [-0.2, 0) is 11.2 Å². The third kappa shape index (κ3) is 3.35. The number of benzene rings is 2. The van der Waals surface area contributed by atoms with Crippen LogP contribution in [0.15, 0.2) is 54.6 Å². The average molecular weight is 240 g/mol. The molecular weight excluding hydrogens is 226 g/mol. The monoisotopic (exact) mass is 240 g/mol. The number of anilines is 1. The van der Waals surface area contributed by atoms with Gasteiger partial charge in [-0.05, 0) is 29.7 Å². The summed E-state index contributed by atoms with van der Waals surface area (Å²) >= 11 is 0. The number of ether oxygens (including phenoxy) is 1. The van der Waals surface area contributed by atoms with E-state index in [0.29, 0.717) is 5.69 Å². The van der Waals surface area contributed by atoms with Crippen molar-refractivity contribution < 1.29 is 9.53 Å². The first kappa shape index (κ1) is 12.2. The van der Waals surface area contributed by atoms with E-state index < -0.39 is 6.09 Å². The number of nitrogens with one attached hydrogen (secondary N) is 1. The first-order chi connectivity index (χ1) is 8.78. The van der Waals surface area contributed by atoms with E-state index in [1.807, 2.05) is 42.5 Å². The van der Waals surface area contributed by atoms with Crippen LogP contribution in [0, 0.1) is 7.11 Å². The summed E-state index contributed by atoms with van der Waals surface area (Å²) in [5, 5.41) is 2.59. The van der Waals surface area contributed by atoms with Gasteiger partial charge in [0, 0.05) is 5.69 Å². The molecular formula is C15H14NO2. The summed E-state index contributed by atoms with van der Waals surface area (Å²) in [4.78, 5) is 11.1. The molecule has 0 aliphatic rings. The Morgan fingerprint density at radius 3 is 2.50 bits per heavy atom. The van der Waals surface area contributed by atoms with Gasteiger partial charge in [0.1, 0.15) is 7.11 Å². The molecule has 18 heavy (non-hydrogen) atoms. The molecule has 3 heteroatoms. The lowest BCUT2D eigenvalue weighted by atomic mass is 10.0. The topological polar surface area (TPSA) is 38.3 Å². The van der Waals surface area contributed by atoms with Gasteiger partial charge >= 0.3 is 6.09 Å². The summed E-state index contributed by atoms with van der Waals surface area (Å²) in [5.41, 5.74) is 3.06. The molecule has 0 aromatic heterocycles. The quantitative estimate of drug-likeness (QED) is 0.889. The highest BCUT2D eigenvalue weighted by Gasteiger charge is 2.02. The zero-order valence-corrected chi connectivity index (χ0v) is 9.93. The number of rotatable bonds is 3. The molecule has 0 fully saturated rings. The maximum Gasteiger partial charge on any atom is 0.411 e. The van der Waals surface area contributed by atoms with Gasteiger partial charge in [0.25, 0.3) is 0 Å². The predicted molar refractivity (Wildman–Crippen MR) is 71.2 cm³/mol. The molecule has 2 rings (SSSR count). The smallest absolute Gasteiger partial charge is 0.411 e. The molecule has 1 N–H and O–H groups in total. The Kier molecular flexibility index (Phi) is 3.97. The lowest BCUT2D eigenvalue weighted by Crippen LogP contribution is -2.10. The van der Waals surface area contributed by atoms with E-state index in [1.165, 1.54) is 5.56 Å². The zero-order valence-electron chi connectivity index (χ0n) is 9.93. The Morgan fingerprint density at radius 1 is 1.06 bits per heavy atom. The molecule has 91 valence electrons. The fraction of sp³-hybridized carbons (Fsp3) is 0.0667. The highest BCUT2D eigenvalue weighted by atomic mass is 16.5. The van der Waals surface area contributed by atoms with Gasteiger partial charge in [-0.25, -0.2) is 4.79 Å². The minimum atomic E-state index is -0.563. The molecule has 2 aromatic rings. The third-order valence-corrected chi connectivity index (χ3v) is 2.56. The Morgan fingerprint density at radius 2 is 1.78 bits per heavy atom. The van der Waals surface area contributed by atoms with Crippen molar-refractivity contribution in [1.29, 1.82) is 0 Å². The van der Waals surface area contributed by atoms with Crippen LogP contribution in [0.2, 0.25) is 0 Å². The lowest BCUT2D eigenvalue weighted by Gasteiger charge is -2.06. The summed E-state index contributed by atoms with van der Waals surface area (Å²) in [6.45, 7) is 0. The van der Waals surface area contributed by atoms with Crippen LogP contribution in [0.4, 0.5) is 10.5 Å². The standard InChI is InChI=1S/C15H14NO2/c1-18-15(17)16-14-9-5-8-13(11-14)10-12-6-3-2-4-7-12/h2-9,11H,1,10H2,(H,16,17). The van der Waals surface area contributed by atoms with Crippen LogP contribution < -0.4 is 5.32 Å². The van der Waals surface area contributed by atoms with E-state index in [2.05, 4.69) is 29.3 Å². The summed E-state index contributed by atoms with van der Waals surface area (Å²) in [5.74, 6) is 0. The van der Waals surface area contributed by atoms with E-state index in [9.17, 15) is 4.79 Å². The molecule has 1 amide bonds. The molecule has 0 saturated carbocycles. The first-order valence-electron chi connectivity index (χ1n) is 5.64. The van der Waals surface area contributed by atoms with Gasteiger partial charge in [0.05, 0.1) is 0 Å². The van der Waals surface area contributed by atoms with Crippen LogP contribution in [-0.4, -0.2) is 6.09 Å². The Labute approximate surface area is 106 Å². The van der Waals surface area contributed by atoms with E-state index in [4.69, 9.17) is 0 Å². The van der Waals surface area contributed by atoms with Gasteiger partial charge in [-0.15, -0.1) is 0 Å². The number of amides is 1. The second kappa shape index (κ2) is 5.87. The van der Waals surface area contributed by atoms with Crippen molar-refractivity contribution in [3.8, 4) is 0 Å². The highest BCUT2D eigenvalue weighted by molar-refractivity contribution is 5.84. The molecule has 3 nitrogen and oxygen atoms in total. The molecule has 0 saturated heterocycles. The van der Waals surface area contributed by atoms with Gasteiger partial charge < -0.3 is 4.74 Å². The fourth-order valence-electron chi connectivity index (χ4n) is 1.74. The number of hydrogen-bond donors (Lipinski definition) is 1. The Bertz CT molecular complexity index is 523. The molecule has 0 heterocycles. The van der Waals surface area contributed by atoms with Crippen molar-refractivity contribution in [3.63, 3.8) is 0 Å². The van der Waals surface area contributed by atoms with Crippen LogP contribution in [0.25, 0.3) is 0 Å². The van der Waals surface area contributed by atoms with Crippen LogP contribution >= 0.6 is 0 Å². The van der Waals surface area contributed by atoms with E-state index in [-0.39, 0.29) is 0 Å². The molecule has 0 aliphatic heterocycles. The van der Waals surface area contributed by atoms with Crippen molar-refractivity contribution in [2.75, 3.05) is 5.32 Å². The molecule has 2 aromatic carbocycles. The number of hydrogen-bond acceptors (Lipinski definition) is 2. The summed E-state index contributed by atoms with van der Waals surface area (Å²) in [7, 11) is 3.06. The van der Waals surface area contributed by atoms with E-state index in [1.54, 1.807) is 0 Å². The van der Waals surface area contributed by atoms with Gasteiger partial charge in [-0.3, -0.25) is 5.32 Å². The second-order valence-corrected chi connectivity index (χ2v) is 3.92. The summed E-state index contributed by atoms with van der Waals surface area (Å²) < 4.78 is 4.31. The van der Waals surface area contributed by atoms with Gasteiger partial charge in [-0.2, -0.15) is 0 Å². The van der Waals surface area contributed by atoms with Gasteiger partial charge in [0.15, 0.2) is 0 Å². The summed E-state index contributed by atoms with van der Waals surface area (Å²) in [6, 6.07) is 17.8. The molecule has 0 aliphatic carbocycles. The van der Waals surface area contributed by atoms with Crippen molar-refractivity contribution >= 4 is 11.8 Å². The van der Waals surface area contributed by atoms with Crippen molar-refractivity contribution in [2.45, 2.75) is 6.42 Å². The maximum atomic E-state index is 11.1.